The van der Waals surface area contributed by atoms with Crippen LogP contribution in [-0.2, 0) is 11.3 Å². The summed E-state index contributed by atoms with van der Waals surface area (Å²) in [7, 11) is 0. The zero-order valence-electron chi connectivity index (χ0n) is 17.5. The number of nitrogens with zero attached hydrogens (tertiary/aromatic N) is 4. The van der Waals surface area contributed by atoms with E-state index in [2.05, 4.69) is 36.9 Å². The van der Waals surface area contributed by atoms with Gasteiger partial charge in [-0.3, -0.25) is 5.10 Å². The lowest BCUT2D eigenvalue weighted by molar-refractivity contribution is 0.131. The Kier molecular flexibility index (Phi) is 5.66. The van der Waals surface area contributed by atoms with Crippen LogP contribution in [0, 0.1) is 28.9 Å². The number of halogens is 3. The molecule has 11 heteroatoms. The van der Waals surface area contributed by atoms with Crippen molar-refractivity contribution >= 4 is 28.6 Å². The largest absolute Gasteiger partial charge is 0.390 e. The predicted octanol–water partition coefficient (Wildman–Crippen LogP) is 2.12. The summed E-state index contributed by atoms with van der Waals surface area (Å²) < 4.78 is 32.9. The maximum absolute atomic E-state index is 14.0. The number of hydrogen-bond donors (Lipinski definition) is 3. The molecule has 0 radical (unpaired) electrons. The first kappa shape index (κ1) is 22.0. The molecule has 2 aromatic heterocycles. The first-order valence-corrected chi connectivity index (χ1v) is 10.9. The summed E-state index contributed by atoms with van der Waals surface area (Å²) in [5.74, 6) is 4.21. The third-order valence-corrected chi connectivity index (χ3v) is 6.74. The van der Waals surface area contributed by atoms with Crippen LogP contribution in [0.15, 0.2) is 12.1 Å². The highest BCUT2D eigenvalue weighted by Crippen LogP contribution is 2.39. The Morgan fingerprint density at radius 2 is 2.06 bits per heavy atom. The average Bonchev–Trinajstić information content (AvgIpc) is 3.35. The number of aromatic nitrogens is 4. The van der Waals surface area contributed by atoms with Crippen LogP contribution in [0.2, 0.25) is 5.02 Å². The Hall–Kier alpha value is -2.84. The fourth-order valence-corrected chi connectivity index (χ4v) is 4.69. The number of ether oxygens (including phenoxy) is 1. The van der Waals surface area contributed by atoms with Gasteiger partial charge in [-0.25, -0.2) is 18.7 Å². The van der Waals surface area contributed by atoms with Gasteiger partial charge in [0, 0.05) is 30.6 Å². The third-order valence-electron chi connectivity index (χ3n) is 6.44. The monoisotopic (exact) mass is 474 g/mol. The van der Waals surface area contributed by atoms with Crippen molar-refractivity contribution in [2.75, 3.05) is 31.2 Å². The Labute approximate surface area is 193 Å². The number of aliphatic hydroxyl groups excluding tert-OH is 1. The van der Waals surface area contributed by atoms with Gasteiger partial charge in [-0.1, -0.05) is 17.5 Å². The van der Waals surface area contributed by atoms with Crippen molar-refractivity contribution in [1.29, 1.82) is 0 Å². The lowest BCUT2D eigenvalue weighted by Gasteiger charge is -2.41. The summed E-state index contributed by atoms with van der Waals surface area (Å²) in [6, 6.07) is 1.72. The van der Waals surface area contributed by atoms with Crippen LogP contribution in [0.1, 0.15) is 29.8 Å². The Morgan fingerprint density at radius 3 is 2.73 bits per heavy atom. The van der Waals surface area contributed by atoms with Crippen molar-refractivity contribution in [2.24, 2.45) is 11.1 Å². The molecule has 0 aliphatic carbocycles. The molecule has 2 fully saturated rings. The van der Waals surface area contributed by atoms with Crippen LogP contribution in [0.25, 0.3) is 11.2 Å². The third kappa shape index (κ3) is 3.91. The summed E-state index contributed by atoms with van der Waals surface area (Å²) in [4.78, 5) is 11.2. The van der Waals surface area contributed by atoms with E-state index in [0.29, 0.717) is 55.0 Å². The molecule has 1 aromatic carbocycles. The SMILES string of the molecule is N[C@@H]1COCC12CCN(c1nc3[nH]nc(C#Cc4c(F)cc(F)cc4Cl)c3nc1CO)CC2. The molecule has 0 bridgehead atoms. The van der Waals surface area contributed by atoms with Gasteiger partial charge in [-0.2, -0.15) is 5.10 Å². The van der Waals surface area contributed by atoms with Crippen LogP contribution >= 0.6 is 11.6 Å². The van der Waals surface area contributed by atoms with Gasteiger partial charge in [-0.05, 0) is 24.8 Å². The quantitative estimate of drug-likeness (QED) is 0.487. The van der Waals surface area contributed by atoms with Crippen molar-refractivity contribution in [3.63, 3.8) is 0 Å². The molecule has 2 aliphatic rings. The number of aliphatic hydroxyl groups is 1. The Morgan fingerprint density at radius 1 is 1.27 bits per heavy atom. The molecule has 3 aromatic rings. The summed E-state index contributed by atoms with van der Waals surface area (Å²) in [6.07, 6.45) is 1.73. The minimum atomic E-state index is -0.869. The van der Waals surface area contributed by atoms with Crippen LogP contribution < -0.4 is 10.6 Å². The fourth-order valence-electron chi connectivity index (χ4n) is 4.45. The fraction of sp³-hybridized carbons (Fsp3) is 0.409. The lowest BCUT2D eigenvalue weighted by atomic mass is 9.75. The van der Waals surface area contributed by atoms with Gasteiger partial charge in [0.15, 0.2) is 17.2 Å². The van der Waals surface area contributed by atoms with E-state index < -0.39 is 11.6 Å². The number of hydrogen-bond acceptors (Lipinski definition) is 7. The predicted molar refractivity (Wildman–Crippen MR) is 118 cm³/mol. The van der Waals surface area contributed by atoms with E-state index in [1.807, 2.05) is 0 Å². The standard InChI is InChI=1S/C22H21ClF2N6O2/c23-14-7-12(24)8-15(25)13(14)1-2-16-19-20(30-29-16)28-21(17(9-32)27-19)31-5-3-22(4-6-31)11-33-10-18(22)26/h7-8,18,32H,3-6,9-11,26H2,(H,28,29,30)/t18-/m1/s1. The van der Waals surface area contributed by atoms with Gasteiger partial charge in [0.2, 0.25) is 0 Å². The first-order valence-electron chi connectivity index (χ1n) is 10.5. The molecule has 2 saturated heterocycles. The molecule has 5 rings (SSSR count). The van der Waals surface area contributed by atoms with Crippen LogP contribution in [-0.4, -0.2) is 57.6 Å². The zero-order valence-corrected chi connectivity index (χ0v) is 18.3. The number of rotatable bonds is 2. The second-order valence-electron chi connectivity index (χ2n) is 8.39. The van der Waals surface area contributed by atoms with E-state index in [1.165, 1.54) is 0 Å². The smallest absolute Gasteiger partial charge is 0.177 e. The minimum Gasteiger partial charge on any atom is -0.390 e. The van der Waals surface area contributed by atoms with Gasteiger partial charge in [-0.15, -0.1) is 0 Å². The molecule has 172 valence electrons. The highest BCUT2D eigenvalue weighted by molar-refractivity contribution is 6.31. The number of anilines is 1. The van der Waals surface area contributed by atoms with E-state index in [9.17, 15) is 13.9 Å². The van der Waals surface area contributed by atoms with E-state index in [1.54, 1.807) is 0 Å². The van der Waals surface area contributed by atoms with E-state index in [-0.39, 0.29) is 34.3 Å². The number of nitrogens with one attached hydrogen (secondary N) is 1. The second kappa shape index (κ2) is 8.50. The average molecular weight is 475 g/mol. The maximum atomic E-state index is 14.0. The molecular formula is C22H21ClF2N6O2. The number of H-pyrrole nitrogens is 1. The molecule has 8 nitrogen and oxygen atoms in total. The topological polar surface area (TPSA) is 113 Å². The van der Waals surface area contributed by atoms with Crippen LogP contribution in [0.3, 0.4) is 0 Å². The van der Waals surface area contributed by atoms with Crippen molar-refractivity contribution in [3.8, 4) is 11.8 Å². The summed E-state index contributed by atoms with van der Waals surface area (Å²) in [6.45, 7) is 2.36. The molecule has 4 N–H and O–H groups in total. The Bertz CT molecular complexity index is 1260. The van der Waals surface area contributed by atoms with E-state index >= 15 is 0 Å². The van der Waals surface area contributed by atoms with E-state index in [0.717, 1.165) is 18.9 Å². The number of piperidine rings is 1. The lowest BCUT2D eigenvalue weighted by Crippen LogP contribution is -2.49. The van der Waals surface area contributed by atoms with Crippen molar-refractivity contribution in [1.82, 2.24) is 20.2 Å². The van der Waals surface area contributed by atoms with Gasteiger partial charge in [0.1, 0.15) is 22.8 Å². The summed E-state index contributed by atoms with van der Waals surface area (Å²) in [5.41, 5.74) is 7.45. The normalized spacial score (nSPS) is 19.8. The first-order chi connectivity index (χ1) is 15.9. The molecule has 1 spiro atoms. The second-order valence-corrected chi connectivity index (χ2v) is 8.79. The maximum Gasteiger partial charge on any atom is 0.177 e. The zero-order chi connectivity index (χ0) is 23.2. The van der Waals surface area contributed by atoms with Crippen molar-refractivity contribution < 1.29 is 18.6 Å². The van der Waals surface area contributed by atoms with Gasteiger partial charge in [0.25, 0.3) is 0 Å². The molecule has 4 heterocycles. The molecular weight excluding hydrogens is 454 g/mol. The number of fused-ring (bicyclic) bond motifs is 1. The van der Waals surface area contributed by atoms with E-state index in [4.69, 9.17) is 22.1 Å². The molecule has 0 saturated carbocycles. The van der Waals surface area contributed by atoms with Gasteiger partial charge in [0.05, 0.1) is 30.4 Å². The molecule has 33 heavy (non-hydrogen) atoms. The summed E-state index contributed by atoms with van der Waals surface area (Å²) >= 11 is 5.91. The molecule has 0 amide bonds. The molecule has 0 unspecified atom stereocenters. The van der Waals surface area contributed by atoms with Crippen LogP contribution in [0.4, 0.5) is 14.6 Å². The highest BCUT2D eigenvalue weighted by Gasteiger charge is 2.44. The van der Waals surface area contributed by atoms with Crippen LogP contribution in [0.5, 0.6) is 0 Å². The minimum absolute atomic E-state index is 0.0128. The van der Waals surface area contributed by atoms with Crippen molar-refractivity contribution in [2.45, 2.75) is 25.5 Å². The molecule has 2 aliphatic heterocycles. The van der Waals surface area contributed by atoms with Gasteiger partial charge >= 0.3 is 0 Å². The molecule has 1 atom stereocenters. The van der Waals surface area contributed by atoms with Crippen molar-refractivity contribution in [3.05, 3.63) is 45.7 Å². The number of benzene rings is 1. The Balaban J connectivity index is 1.44. The number of aromatic amines is 1. The summed E-state index contributed by atoms with van der Waals surface area (Å²) in [5, 5.41) is 16.7. The van der Waals surface area contributed by atoms with Gasteiger partial charge < -0.3 is 20.5 Å². The highest BCUT2D eigenvalue weighted by atomic mass is 35.5. The number of nitrogens with two attached hydrogens (primary N) is 1.